The largest absolute Gasteiger partial charge is 0.378 e. The van der Waals surface area contributed by atoms with Gasteiger partial charge in [-0.15, -0.1) is 0 Å². The number of aliphatic imine (C=N–C) groups is 1. The van der Waals surface area contributed by atoms with Crippen molar-refractivity contribution in [2.24, 2.45) is 10.4 Å². The number of ether oxygens (including phenoxy) is 1. The fourth-order valence-electron chi connectivity index (χ4n) is 4.06. The van der Waals surface area contributed by atoms with Gasteiger partial charge in [0.15, 0.2) is 5.96 Å². The minimum atomic E-state index is 0.385. The maximum absolute atomic E-state index is 5.99. The summed E-state index contributed by atoms with van der Waals surface area (Å²) in [6.45, 7) is 4.98. The van der Waals surface area contributed by atoms with Crippen molar-refractivity contribution in [1.82, 2.24) is 10.6 Å². The Labute approximate surface area is 116 Å². The lowest BCUT2D eigenvalue weighted by Gasteiger charge is -2.58. The number of hydrogen-bond donors (Lipinski definition) is 2. The second-order valence-electron chi connectivity index (χ2n) is 6.18. The summed E-state index contributed by atoms with van der Waals surface area (Å²) < 4.78 is 5.99. The van der Waals surface area contributed by atoms with E-state index >= 15 is 0 Å². The summed E-state index contributed by atoms with van der Waals surface area (Å²) in [4.78, 5) is 4.55. The molecule has 2 atom stereocenters. The highest BCUT2D eigenvalue weighted by Crippen LogP contribution is 2.53. The first-order chi connectivity index (χ1) is 9.35. The van der Waals surface area contributed by atoms with Gasteiger partial charge in [-0.25, -0.2) is 0 Å². The SMILES string of the molecule is CCOC1CC(NC2=NCCCN2)C12CCCCC2. The van der Waals surface area contributed by atoms with Gasteiger partial charge in [0.1, 0.15) is 0 Å². The predicted molar refractivity (Wildman–Crippen MR) is 77.4 cm³/mol. The van der Waals surface area contributed by atoms with Crippen molar-refractivity contribution in [3.8, 4) is 0 Å². The van der Waals surface area contributed by atoms with Crippen molar-refractivity contribution in [2.45, 2.75) is 64.0 Å². The topological polar surface area (TPSA) is 45.6 Å². The van der Waals surface area contributed by atoms with Gasteiger partial charge in [0.2, 0.25) is 0 Å². The molecule has 0 radical (unpaired) electrons. The van der Waals surface area contributed by atoms with E-state index < -0.39 is 0 Å². The zero-order chi connectivity index (χ0) is 13.1. The summed E-state index contributed by atoms with van der Waals surface area (Å²) in [5, 5.41) is 7.05. The van der Waals surface area contributed by atoms with Crippen molar-refractivity contribution in [3.63, 3.8) is 0 Å². The van der Waals surface area contributed by atoms with Crippen LogP contribution >= 0.6 is 0 Å². The molecule has 3 aliphatic rings. The number of hydrogen-bond acceptors (Lipinski definition) is 4. The molecule has 0 amide bonds. The zero-order valence-electron chi connectivity index (χ0n) is 12.1. The van der Waals surface area contributed by atoms with E-state index in [1.54, 1.807) is 0 Å². The molecular weight excluding hydrogens is 238 g/mol. The van der Waals surface area contributed by atoms with Crippen LogP contribution in [0.3, 0.4) is 0 Å². The van der Waals surface area contributed by atoms with Crippen LogP contribution in [-0.2, 0) is 4.74 Å². The van der Waals surface area contributed by atoms with E-state index in [0.29, 0.717) is 17.6 Å². The van der Waals surface area contributed by atoms with Crippen LogP contribution < -0.4 is 10.6 Å². The number of nitrogens with one attached hydrogen (secondary N) is 2. The molecule has 3 rings (SSSR count). The first-order valence-corrected chi connectivity index (χ1v) is 8.01. The summed E-state index contributed by atoms with van der Waals surface area (Å²) in [6.07, 6.45) is 9.54. The minimum absolute atomic E-state index is 0.385. The molecular formula is C15H27N3O. The summed E-state index contributed by atoms with van der Waals surface area (Å²) in [6, 6.07) is 0.564. The number of guanidine groups is 1. The quantitative estimate of drug-likeness (QED) is 0.821. The lowest BCUT2D eigenvalue weighted by molar-refractivity contribution is -0.145. The van der Waals surface area contributed by atoms with Crippen LogP contribution in [0, 0.1) is 5.41 Å². The standard InChI is InChI=1S/C15H27N3O/c1-2-19-13-11-12(15(13)7-4-3-5-8-15)18-14-16-9-6-10-17-14/h12-13H,2-11H2,1H3,(H2,16,17,18). The van der Waals surface area contributed by atoms with Gasteiger partial charge in [-0.2, -0.15) is 0 Å². The average molecular weight is 265 g/mol. The molecule has 0 bridgehead atoms. The number of nitrogens with zero attached hydrogens (tertiary/aromatic N) is 1. The third kappa shape index (κ3) is 2.47. The summed E-state index contributed by atoms with van der Waals surface area (Å²) in [5.74, 6) is 1.02. The zero-order valence-corrected chi connectivity index (χ0v) is 12.1. The molecule has 108 valence electrons. The minimum Gasteiger partial charge on any atom is -0.378 e. The second-order valence-corrected chi connectivity index (χ2v) is 6.18. The maximum Gasteiger partial charge on any atom is 0.191 e. The van der Waals surface area contributed by atoms with E-state index in [0.717, 1.165) is 38.5 Å². The predicted octanol–water partition coefficient (Wildman–Crippen LogP) is 2.05. The van der Waals surface area contributed by atoms with E-state index in [9.17, 15) is 0 Å². The van der Waals surface area contributed by atoms with Crippen molar-refractivity contribution in [3.05, 3.63) is 0 Å². The Morgan fingerprint density at radius 1 is 1.32 bits per heavy atom. The van der Waals surface area contributed by atoms with E-state index in [-0.39, 0.29) is 0 Å². The Morgan fingerprint density at radius 3 is 2.84 bits per heavy atom. The summed E-state index contributed by atoms with van der Waals surface area (Å²) in [7, 11) is 0. The van der Waals surface area contributed by atoms with Crippen molar-refractivity contribution >= 4 is 5.96 Å². The summed E-state index contributed by atoms with van der Waals surface area (Å²) >= 11 is 0. The van der Waals surface area contributed by atoms with Gasteiger partial charge in [-0.05, 0) is 32.6 Å². The van der Waals surface area contributed by atoms with Crippen LogP contribution in [0.2, 0.25) is 0 Å². The van der Waals surface area contributed by atoms with Gasteiger partial charge < -0.3 is 15.4 Å². The van der Waals surface area contributed by atoms with Gasteiger partial charge >= 0.3 is 0 Å². The molecule has 2 unspecified atom stereocenters. The van der Waals surface area contributed by atoms with Crippen molar-refractivity contribution in [2.75, 3.05) is 19.7 Å². The molecule has 2 fully saturated rings. The molecule has 2 saturated carbocycles. The van der Waals surface area contributed by atoms with E-state index in [2.05, 4.69) is 22.5 Å². The van der Waals surface area contributed by atoms with Crippen LogP contribution in [0.25, 0.3) is 0 Å². The molecule has 1 spiro atoms. The van der Waals surface area contributed by atoms with Gasteiger partial charge in [-0.1, -0.05) is 19.3 Å². The first-order valence-electron chi connectivity index (χ1n) is 8.01. The molecule has 2 N–H and O–H groups in total. The van der Waals surface area contributed by atoms with Crippen molar-refractivity contribution < 1.29 is 4.74 Å². The van der Waals surface area contributed by atoms with E-state index in [4.69, 9.17) is 4.74 Å². The second kappa shape index (κ2) is 5.70. The maximum atomic E-state index is 5.99. The van der Waals surface area contributed by atoms with E-state index in [1.807, 2.05) is 0 Å². The first kappa shape index (κ1) is 13.2. The normalized spacial score (nSPS) is 33.2. The smallest absolute Gasteiger partial charge is 0.191 e. The van der Waals surface area contributed by atoms with Crippen LogP contribution in [-0.4, -0.2) is 37.8 Å². The third-order valence-electron chi connectivity index (χ3n) is 5.15. The molecule has 0 saturated heterocycles. The highest BCUT2D eigenvalue weighted by Gasteiger charge is 2.55. The molecule has 0 aromatic rings. The molecule has 2 aliphatic carbocycles. The van der Waals surface area contributed by atoms with Gasteiger partial charge in [0, 0.05) is 31.2 Å². The van der Waals surface area contributed by atoms with E-state index in [1.165, 1.54) is 32.1 Å². The molecule has 4 heteroatoms. The van der Waals surface area contributed by atoms with Crippen LogP contribution in [0.1, 0.15) is 51.9 Å². The fraction of sp³-hybridized carbons (Fsp3) is 0.933. The highest BCUT2D eigenvalue weighted by molar-refractivity contribution is 5.80. The molecule has 0 aromatic heterocycles. The van der Waals surface area contributed by atoms with Gasteiger partial charge in [-0.3, -0.25) is 4.99 Å². The Bertz CT molecular complexity index is 336. The third-order valence-corrected chi connectivity index (χ3v) is 5.15. The van der Waals surface area contributed by atoms with Gasteiger partial charge in [0.05, 0.1) is 6.10 Å². The molecule has 1 aliphatic heterocycles. The van der Waals surface area contributed by atoms with Crippen LogP contribution in [0.15, 0.2) is 4.99 Å². The lowest BCUT2D eigenvalue weighted by atomic mass is 9.55. The van der Waals surface area contributed by atoms with Gasteiger partial charge in [0.25, 0.3) is 0 Å². The lowest BCUT2D eigenvalue weighted by Crippen LogP contribution is -2.66. The Hall–Kier alpha value is -0.770. The number of rotatable bonds is 3. The highest BCUT2D eigenvalue weighted by atomic mass is 16.5. The van der Waals surface area contributed by atoms with Crippen molar-refractivity contribution in [1.29, 1.82) is 0 Å². The average Bonchev–Trinajstić information content (AvgIpc) is 2.48. The Kier molecular flexibility index (Phi) is 3.96. The fourth-order valence-corrected chi connectivity index (χ4v) is 4.06. The molecule has 19 heavy (non-hydrogen) atoms. The summed E-state index contributed by atoms with van der Waals surface area (Å²) in [5.41, 5.74) is 0.385. The monoisotopic (exact) mass is 265 g/mol. The van der Waals surface area contributed by atoms with Crippen LogP contribution in [0.4, 0.5) is 0 Å². The molecule has 0 aromatic carbocycles. The molecule has 1 heterocycles. The van der Waals surface area contributed by atoms with Crippen LogP contribution in [0.5, 0.6) is 0 Å². The Balaban J connectivity index is 1.65. The Morgan fingerprint density at radius 2 is 2.16 bits per heavy atom. The molecule has 4 nitrogen and oxygen atoms in total.